The van der Waals surface area contributed by atoms with Gasteiger partial charge in [-0.25, -0.2) is 8.42 Å². The van der Waals surface area contributed by atoms with Gasteiger partial charge in [-0.15, -0.1) is 5.54 Å². The molecular formula is C34H34CoO2PSSi. The number of rotatable bonds is 4. The fourth-order valence-electron chi connectivity index (χ4n) is 3.38. The van der Waals surface area contributed by atoms with Crippen molar-refractivity contribution in [3.05, 3.63) is 153 Å². The minimum absolute atomic E-state index is 0. The summed E-state index contributed by atoms with van der Waals surface area (Å²) in [5.74, 6) is 0. The maximum Gasteiger partial charge on any atom is 0.244 e. The van der Waals surface area contributed by atoms with Crippen LogP contribution in [0.15, 0.2) is 126 Å². The van der Waals surface area contributed by atoms with Gasteiger partial charge in [-0.1, -0.05) is 129 Å². The quantitative estimate of drug-likeness (QED) is 0.143. The van der Waals surface area contributed by atoms with E-state index in [2.05, 4.69) is 102 Å². The van der Waals surface area contributed by atoms with Crippen molar-refractivity contribution < 1.29 is 25.2 Å². The van der Waals surface area contributed by atoms with Gasteiger partial charge in [0.15, 0.2) is 0 Å². The zero-order valence-corrected chi connectivity index (χ0v) is 26.7. The van der Waals surface area contributed by atoms with Gasteiger partial charge in [0.05, 0.1) is 4.90 Å². The average Bonchev–Trinajstić information content (AvgIpc) is 3.55. The Hall–Kier alpha value is -2.46. The van der Waals surface area contributed by atoms with Gasteiger partial charge in [-0.3, -0.25) is 0 Å². The van der Waals surface area contributed by atoms with E-state index in [1.54, 1.807) is 30.3 Å². The number of sulfone groups is 1. The van der Waals surface area contributed by atoms with Crippen molar-refractivity contribution in [1.29, 1.82) is 0 Å². The van der Waals surface area contributed by atoms with E-state index >= 15 is 0 Å². The molecule has 0 atom stereocenters. The van der Waals surface area contributed by atoms with Crippen LogP contribution >= 0.6 is 7.92 Å². The van der Waals surface area contributed by atoms with Crippen LogP contribution in [0.3, 0.4) is 0 Å². The zero-order chi connectivity index (χ0) is 28.0. The normalized spacial score (nSPS) is 12.4. The van der Waals surface area contributed by atoms with Crippen molar-refractivity contribution in [3.63, 3.8) is 0 Å². The van der Waals surface area contributed by atoms with Crippen LogP contribution in [0, 0.1) is 42.9 Å². The third-order valence-electron chi connectivity index (χ3n) is 5.21. The third-order valence-corrected chi connectivity index (χ3v) is 9.98. The van der Waals surface area contributed by atoms with E-state index < -0.39 is 25.8 Å². The summed E-state index contributed by atoms with van der Waals surface area (Å²) in [6.45, 7) is 6.04. The maximum atomic E-state index is 11.7. The Balaban J connectivity index is 0.000000238. The summed E-state index contributed by atoms with van der Waals surface area (Å²) in [4.78, 5) is 0.274. The topological polar surface area (TPSA) is 34.1 Å². The summed E-state index contributed by atoms with van der Waals surface area (Å²) < 4.78 is 23.5. The van der Waals surface area contributed by atoms with Crippen molar-refractivity contribution in [2.24, 2.45) is 0 Å². The average molecular weight is 625 g/mol. The first-order chi connectivity index (χ1) is 18.8. The van der Waals surface area contributed by atoms with Crippen LogP contribution < -0.4 is 15.9 Å². The molecule has 0 heterocycles. The molecule has 4 aromatic carbocycles. The van der Waals surface area contributed by atoms with Gasteiger partial charge < -0.3 is 0 Å². The first-order valence-corrected chi connectivity index (χ1v) is 19.0. The van der Waals surface area contributed by atoms with Crippen molar-refractivity contribution in [1.82, 2.24) is 0 Å². The molecule has 1 aliphatic rings. The molecule has 0 aromatic heterocycles. The Bertz CT molecular complexity index is 1310. The van der Waals surface area contributed by atoms with Gasteiger partial charge in [-0.2, -0.15) is 0 Å². The van der Waals surface area contributed by atoms with Crippen LogP contribution in [0.25, 0.3) is 0 Å². The number of hydrogen-bond acceptors (Lipinski definition) is 2. The van der Waals surface area contributed by atoms with E-state index in [4.69, 9.17) is 0 Å². The third kappa shape index (κ3) is 12.0. The first kappa shape index (κ1) is 33.7. The molecule has 206 valence electrons. The number of benzene rings is 4. The summed E-state index contributed by atoms with van der Waals surface area (Å²) in [6, 6.07) is 40.6. The largest absolute Gasteiger partial charge is 0.244 e. The van der Waals surface area contributed by atoms with Gasteiger partial charge in [0.25, 0.3) is 0 Å². The second-order valence-electron chi connectivity index (χ2n) is 9.60. The van der Waals surface area contributed by atoms with Gasteiger partial charge in [-0.05, 0) is 68.1 Å². The van der Waals surface area contributed by atoms with E-state index in [1.807, 2.05) is 51.7 Å². The molecule has 4 aromatic rings. The van der Waals surface area contributed by atoms with E-state index in [0.29, 0.717) is 0 Å². The van der Waals surface area contributed by atoms with Gasteiger partial charge >= 0.3 is 0 Å². The molecule has 0 spiro atoms. The van der Waals surface area contributed by atoms with E-state index in [-0.39, 0.29) is 21.7 Å². The standard InChI is InChI=1S/C18H15P.C11H14O2SSi.C5H5.Co/c1-4-10-16(11-5-1)19(17-12-6-2-7-13-17)18-14-8-3-9-15-18;1-15(2,3)10-9-14(12,13)11-7-5-4-6-8-11;1-2-4-5-3-1;/h1-15H;4-8H,1-3H3;1-5H;. The van der Waals surface area contributed by atoms with Crippen molar-refractivity contribution >= 4 is 41.7 Å². The smallest absolute Gasteiger partial charge is 0.210 e. The Morgan fingerprint density at radius 2 is 0.825 bits per heavy atom. The van der Waals surface area contributed by atoms with Crippen LogP contribution in [-0.2, 0) is 26.6 Å². The number of hydrogen-bond donors (Lipinski definition) is 0. The fraction of sp³-hybridized carbons (Fsp3) is 0.0882. The van der Waals surface area contributed by atoms with Crippen molar-refractivity contribution in [3.8, 4) is 10.8 Å². The van der Waals surface area contributed by atoms with Crippen LogP contribution in [0.1, 0.15) is 0 Å². The molecule has 40 heavy (non-hydrogen) atoms. The van der Waals surface area contributed by atoms with Crippen LogP contribution in [0.2, 0.25) is 19.6 Å². The second-order valence-corrected chi connectivity index (χ2v) is 18.3. The van der Waals surface area contributed by atoms with Gasteiger partial charge in [0.1, 0.15) is 8.07 Å². The molecule has 6 radical (unpaired) electrons. The molecule has 0 amide bonds. The summed E-state index contributed by atoms with van der Waals surface area (Å²) in [7, 11) is -5.51. The SMILES string of the molecule is C[Si](C)(C)C#CS(=O)(=O)c1ccccc1.[CH]1[CH][CH][CH][CH]1.[Co].c1ccc(P(c2ccccc2)c2ccccc2)cc1. The molecule has 1 fully saturated rings. The predicted octanol–water partition coefficient (Wildman–Crippen LogP) is 6.76. The van der Waals surface area contributed by atoms with Crippen LogP contribution in [0.5, 0.6) is 0 Å². The molecule has 0 bridgehead atoms. The minimum Gasteiger partial charge on any atom is -0.210 e. The molecule has 0 N–H and O–H groups in total. The maximum absolute atomic E-state index is 11.7. The second kappa shape index (κ2) is 17.4. The molecule has 5 rings (SSSR count). The molecule has 0 unspecified atom stereocenters. The van der Waals surface area contributed by atoms with Crippen LogP contribution in [0.4, 0.5) is 0 Å². The van der Waals surface area contributed by atoms with Gasteiger partial charge in [0, 0.05) is 22.0 Å². The molecule has 1 saturated carbocycles. The van der Waals surface area contributed by atoms with Gasteiger partial charge in [0.2, 0.25) is 9.84 Å². The van der Waals surface area contributed by atoms with E-state index in [1.165, 1.54) is 15.9 Å². The Morgan fingerprint density at radius 1 is 0.525 bits per heavy atom. The Labute approximate surface area is 254 Å². The minimum atomic E-state index is -3.42. The zero-order valence-electron chi connectivity index (χ0n) is 22.9. The fourth-order valence-corrected chi connectivity index (χ4v) is 8.08. The molecule has 6 heteroatoms. The van der Waals surface area contributed by atoms with E-state index in [0.717, 1.165) is 0 Å². The van der Waals surface area contributed by atoms with E-state index in [9.17, 15) is 8.42 Å². The Morgan fingerprint density at radius 3 is 1.12 bits per heavy atom. The summed E-state index contributed by atoms with van der Waals surface area (Å²) in [6.07, 6.45) is 10.0. The Kier molecular flexibility index (Phi) is 14.7. The van der Waals surface area contributed by atoms with Crippen molar-refractivity contribution in [2.45, 2.75) is 24.5 Å². The summed E-state index contributed by atoms with van der Waals surface area (Å²) >= 11 is 0. The molecule has 0 aliphatic heterocycles. The molecule has 2 nitrogen and oxygen atoms in total. The van der Waals surface area contributed by atoms with Crippen LogP contribution in [-0.4, -0.2) is 16.5 Å². The first-order valence-electron chi connectivity index (χ1n) is 12.7. The summed E-state index contributed by atoms with van der Waals surface area (Å²) in [5, 5.41) is 6.59. The predicted molar refractivity (Wildman–Crippen MR) is 171 cm³/mol. The molecule has 1 aliphatic carbocycles. The monoisotopic (exact) mass is 624 g/mol. The molecular weight excluding hydrogens is 590 g/mol. The summed E-state index contributed by atoms with van der Waals surface area (Å²) in [5.41, 5.74) is 2.86. The van der Waals surface area contributed by atoms with Crippen molar-refractivity contribution in [2.75, 3.05) is 0 Å². The molecule has 0 saturated heterocycles.